The summed E-state index contributed by atoms with van der Waals surface area (Å²) in [6, 6.07) is 13.4. The lowest BCUT2D eigenvalue weighted by atomic mass is 10.0. The Bertz CT molecular complexity index is 1290. The highest BCUT2D eigenvalue weighted by Gasteiger charge is 2.32. The van der Waals surface area contributed by atoms with E-state index in [0.29, 0.717) is 41.4 Å². The van der Waals surface area contributed by atoms with Gasteiger partial charge in [-0.3, -0.25) is 9.69 Å². The van der Waals surface area contributed by atoms with Gasteiger partial charge in [0.25, 0.3) is 0 Å². The van der Waals surface area contributed by atoms with Crippen molar-refractivity contribution in [3.63, 3.8) is 0 Å². The lowest BCUT2D eigenvalue weighted by Crippen LogP contribution is -2.33. The average Bonchev–Trinajstić information content (AvgIpc) is 3.40. The molecule has 1 saturated heterocycles. The molecule has 2 aromatic carbocycles. The third-order valence-electron chi connectivity index (χ3n) is 5.81. The standard InChI is InChI=1S/C26H26FN3O6/c1-15-23(25(32)33)10-20(35-15)12-28-11-17-3-5-18(6-4-17)22-8-7-19(9-24(22)27)30-14-21(36-26(30)34)13-29-16(2)31/h3-10,21,28H,11-14H2,1-2H3,(H,29,31)(H,32,33)/t21-/m0/s1. The minimum atomic E-state index is -1.02. The number of rotatable bonds is 9. The molecule has 1 aliphatic heterocycles. The van der Waals surface area contributed by atoms with Gasteiger partial charge in [-0.15, -0.1) is 0 Å². The number of cyclic esters (lactones) is 1. The van der Waals surface area contributed by atoms with Gasteiger partial charge < -0.3 is 24.9 Å². The number of ether oxygens (including phenoxy) is 1. The first-order valence-corrected chi connectivity index (χ1v) is 11.4. The van der Waals surface area contributed by atoms with Gasteiger partial charge in [0.15, 0.2) is 0 Å². The quantitative estimate of drug-likeness (QED) is 0.412. The van der Waals surface area contributed by atoms with E-state index in [9.17, 15) is 18.8 Å². The lowest BCUT2D eigenvalue weighted by molar-refractivity contribution is -0.119. The smallest absolute Gasteiger partial charge is 0.414 e. The fraction of sp³-hybridized carbons (Fsp3) is 0.269. The van der Waals surface area contributed by atoms with E-state index < -0.39 is 24.0 Å². The zero-order chi connectivity index (χ0) is 25.8. The first kappa shape index (κ1) is 24.9. The number of furan rings is 1. The van der Waals surface area contributed by atoms with Crippen molar-refractivity contribution in [3.05, 3.63) is 77.0 Å². The van der Waals surface area contributed by atoms with Gasteiger partial charge in [-0.05, 0) is 42.3 Å². The van der Waals surface area contributed by atoms with Gasteiger partial charge in [0.05, 0.1) is 25.3 Å². The van der Waals surface area contributed by atoms with E-state index in [2.05, 4.69) is 10.6 Å². The predicted octanol–water partition coefficient (Wildman–Crippen LogP) is 3.84. The van der Waals surface area contributed by atoms with E-state index in [1.807, 2.05) is 24.3 Å². The minimum absolute atomic E-state index is 0.149. The molecule has 1 fully saturated rings. The summed E-state index contributed by atoms with van der Waals surface area (Å²) in [5.41, 5.74) is 2.57. The second-order valence-corrected chi connectivity index (χ2v) is 8.51. The van der Waals surface area contributed by atoms with E-state index in [1.165, 1.54) is 24.0 Å². The molecule has 1 aromatic heterocycles. The van der Waals surface area contributed by atoms with Crippen LogP contribution in [0.4, 0.5) is 14.9 Å². The number of anilines is 1. The van der Waals surface area contributed by atoms with Crippen molar-refractivity contribution in [3.8, 4) is 11.1 Å². The number of aromatic carboxylic acids is 1. The summed E-state index contributed by atoms with van der Waals surface area (Å²) >= 11 is 0. The van der Waals surface area contributed by atoms with E-state index >= 15 is 0 Å². The molecule has 2 heterocycles. The third-order valence-corrected chi connectivity index (χ3v) is 5.81. The Morgan fingerprint density at radius 1 is 1.14 bits per heavy atom. The number of aryl methyl sites for hydroxylation is 1. The van der Waals surface area contributed by atoms with Gasteiger partial charge in [0, 0.05) is 19.0 Å². The number of nitrogens with one attached hydrogen (secondary N) is 2. The predicted molar refractivity (Wildman–Crippen MR) is 129 cm³/mol. The van der Waals surface area contributed by atoms with E-state index in [1.54, 1.807) is 19.1 Å². The monoisotopic (exact) mass is 495 g/mol. The van der Waals surface area contributed by atoms with Gasteiger partial charge in [0.1, 0.15) is 29.0 Å². The molecule has 0 spiro atoms. The number of carboxylic acids is 1. The zero-order valence-corrected chi connectivity index (χ0v) is 19.8. The van der Waals surface area contributed by atoms with Crippen LogP contribution in [0.2, 0.25) is 0 Å². The first-order chi connectivity index (χ1) is 17.2. The van der Waals surface area contributed by atoms with Crippen molar-refractivity contribution in [2.24, 2.45) is 0 Å². The summed E-state index contributed by atoms with van der Waals surface area (Å²) in [4.78, 5) is 35.7. The second kappa shape index (κ2) is 10.6. The fourth-order valence-corrected chi connectivity index (χ4v) is 3.98. The molecule has 1 aliphatic rings. The molecule has 2 amide bonds. The number of carbonyl (C=O) groups is 3. The maximum absolute atomic E-state index is 14.9. The Hall–Kier alpha value is -4.18. The molecule has 3 N–H and O–H groups in total. The highest BCUT2D eigenvalue weighted by atomic mass is 19.1. The summed E-state index contributed by atoms with van der Waals surface area (Å²) in [7, 11) is 0. The summed E-state index contributed by atoms with van der Waals surface area (Å²) in [6.45, 7) is 4.29. The molecule has 188 valence electrons. The number of hydrogen-bond donors (Lipinski definition) is 3. The highest BCUT2D eigenvalue weighted by Crippen LogP contribution is 2.29. The van der Waals surface area contributed by atoms with Crippen LogP contribution < -0.4 is 15.5 Å². The number of halogens is 1. The molecule has 0 radical (unpaired) electrons. The second-order valence-electron chi connectivity index (χ2n) is 8.51. The van der Waals surface area contributed by atoms with Crippen LogP contribution in [0, 0.1) is 12.7 Å². The van der Waals surface area contributed by atoms with Crippen molar-refractivity contribution in [1.29, 1.82) is 0 Å². The molecule has 9 nitrogen and oxygen atoms in total. The number of hydrogen-bond acceptors (Lipinski definition) is 6. The van der Waals surface area contributed by atoms with E-state index in [0.717, 1.165) is 5.56 Å². The largest absolute Gasteiger partial charge is 0.478 e. The average molecular weight is 496 g/mol. The molecule has 4 rings (SSSR count). The van der Waals surface area contributed by atoms with Crippen LogP contribution in [0.1, 0.15) is 34.4 Å². The molecular weight excluding hydrogens is 469 g/mol. The summed E-state index contributed by atoms with van der Waals surface area (Å²) in [5.74, 6) is -0.817. The highest BCUT2D eigenvalue weighted by molar-refractivity contribution is 5.90. The molecule has 0 saturated carbocycles. The van der Waals surface area contributed by atoms with Crippen molar-refractivity contribution in [1.82, 2.24) is 10.6 Å². The Balaban J connectivity index is 1.36. The molecule has 10 heteroatoms. The molecular formula is C26H26FN3O6. The maximum Gasteiger partial charge on any atom is 0.414 e. The summed E-state index contributed by atoms with van der Waals surface area (Å²) in [6.07, 6.45) is -1.08. The van der Waals surface area contributed by atoms with Gasteiger partial charge in [-0.25, -0.2) is 14.0 Å². The SMILES string of the molecule is CC(=O)NC[C@H]1CN(c2ccc(-c3ccc(CNCc4cc(C(=O)O)c(C)o4)cc3)c(F)c2)C(=O)O1. The van der Waals surface area contributed by atoms with Crippen LogP contribution in [-0.4, -0.2) is 42.3 Å². The number of carbonyl (C=O) groups excluding carboxylic acids is 2. The Morgan fingerprint density at radius 3 is 2.53 bits per heavy atom. The Kier molecular flexibility index (Phi) is 7.35. The fourth-order valence-electron chi connectivity index (χ4n) is 3.98. The number of benzene rings is 2. The van der Waals surface area contributed by atoms with Crippen LogP contribution >= 0.6 is 0 Å². The summed E-state index contributed by atoms with van der Waals surface area (Å²) < 4.78 is 25.6. The Morgan fingerprint density at radius 2 is 1.89 bits per heavy atom. The normalized spacial score (nSPS) is 15.1. The maximum atomic E-state index is 14.9. The zero-order valence-electron chi connectivity index (χ0n) is 19.8. The molecule has 0 bridgehead atoms. The number of nitrogens with zero attached hydrogens (tertiary/aromatic N) is 1. The molecule has 0 aliphatic carbocycles. The van der Waals surface area contributed by atoms with Crippen molar-refractivity contribution < 1.29 is 33.0 Å². The van der Waals surface area contributed by atoms with Crippen LogP contribution in [0.3, 0.4) is 0 Å². The molecule has 1 atom stereocenters. The number of amides is 2. The van der Waals surface area contributed by atoms with E-state index in [-0.39, 0.29) is 24.6 Å². The molecule has 3 aromatic rings. The lowest BCUT2D eigenvalue weighted by Gasteiger charge is -2.15. The molecule has 0 unspecified atom stereocenters. The van der Waals surface area contributed by atoms with Gasteiger partial charge in [0.2, 0.25) is 5.91 Å². The third kappa shape index (κ3) is 5.72. The first-order valence-electron chi connectivity index (χ1n) is 11.4. The summed E-state index contributed by atoms with van der Waals surface area (Å²) in [5, 5.41) is 14.9. The molecule has 36 heavy (non-hydrogen) atoms. The van der Waals surface area contributed by atoms with Crippen LogP contribution in [0.5, 0.6) is 0 Å². The van der Waals surface area contributed by atoms with Crippen molar-refractivity contribution in [2.45, 2.75) is 33.0 Å². The number of carboxylic acid groups (broad SMARTS) is 1. The van der Waals surface area contributed by atoms with Crippen LogP contribution in [-0.2, 0) is 22.6 Å². The van der Waals surface area contributed by atoms with Crippen LogP contribution in [0.25, 0.3) is 11.1 Å². The van der Waals surface area contributed by atoms with Gasteiger partial charge in [-0.2, -0.15) is 0 Å². The van der Waals surface area contributed by atoms with Crippen molar-refractivity contribution in [2.75, 3.05) is 18.0 Å². The topological polar surface area (TPSA) is 121 Å². The Labute approximate surface area is 206 Å². The van der Waals surface area contributed by atoms with Gasteiger partial charge >= 0.3 is 12.1 Å². The minimum Gasteiger partial charge on any atom is -0.478 e. The van der Waals surface area contributed by atoms with E-state index in [4.69, 9.17) is 14.3 Å². The van der Waals surface area contributed by atoms with Crippen LogP contribution in [0.15, 0.2) is 52.9 Å². The van der Waals surface area contributed by atoms with Gasteiger partial charge in [-0.1, -0.05) is 24.3 Å². The van der Waals surface area contributed by atoms with Crippen molar-refractivity contribution >= 4 is 23.7 Å².